The molecule has 21 heavy (non-hydrogen) atoms. The van der Waals surface area contributed by atoms with Crippen molar-refractivity contribution in [2.45, 2.75) is 33.2 Å². The molecular weight excluding hydrogens is 270 g/mol. The van der Waals surface area contributed by atoms with Crippen molar-refractivity contribution in [1.82, 2.24) is 24.8 Å². The molecule has 0 radical (unpaired) electrons. The van der Waals surface area contributed by atoms with Gasteiger partial charge < -0.3 is 14.9 Å². The summed E-state index contributed by atoms with van der Waals surface area (Å²) in [5, 5.41) is 2.83. The van der Waals surface area contributed by atoms with Crippen LogP contribution in [0.15, 0.2) is 23.5 Å². The third kappa shape index (κ3) is 4.01. The molecule has 0 fully saturated rings. The summed E-state index contributed by atoms with van der Waals surface area (Å²) in [5.74, 6) is 0.836. The number of H-pyrrole nitrogens is 1. The minimum absolute atomic E-state index is 0.125. The van der Waals surface area contributed by atoms with E-state index in [1.807, 2.05) is 17.7 Å². The monoisotopic (exact) mass is 289 g/mol. The van der Waals surface area contributed by atoms with Gasteiger partial charge in [-0.3, -0.25) is 9.59 Å². The summed E-state index contributed by atoms with van der Waals surface area (Å²) in [5.41, 5.74) is 0.798. The van der Waals surface area contributed by atoms with Gasteiger partial charge in [-0.25, -0.2) is 9.97 Å². The summed E-state index contributed by atoms with van der Waals surface area (Å²) in [6.07, 6.45) is 5.94. The summed E-state index contributed by atoms with van der Waals surface area (Å²) in [6.45, 7) is 5.00. The van der Waals surface area contributed by atoms with E-state index in [0.29, 0.717) is 17.8 Å². The summed E-state index contributed by atoms with van der Waals surface area (Å²) in [7, 11) is 0. The van der Waals surface area contributed by atoms with Crippen LogP contribution in [0.5, 0.6) is 0 Å². The lowest BCUT2D eigenvalue weighted by Gasteiger charge is -2.07. The molecule has 2 N–H and O–H groups in total. The Hall–Kier alpha value is -2.44. The highest BCUT2D eigenvalue weighted by Crippen LogP contribution is 1.99. The summed E-state index contributed by atoms with van der Waals surface area (Å²) >= 11 is 0. The number of hydrogen-bond donors (Lipinski definition) is 2. The van der Waals surface area contributed by atoms with Crippen LogP contribution in [0.2, 0.25) is 0 Å². The van der Waals surface area contributed by atoms with E-state index in [4.69, 9.17) is 0 Å². The van der Waals surface area contributed by atoms with Gasteiger partial charge in [0.15, 0.2) is 0 Å². The van der Waals surface area contributed by atoms with Crippen LogP contribution in [-0.2, 0) is 17.8 Å². The molecule has 2 rings (SSSR count). The third-order valence-electron chi connectivity index (χ3n) is 3.34. The molecule has 7 nitrogen and oxygen atoms in total. The van der Waals surface area contributed by atoms with Crippen LogP contribution in [0.25, 0.3) is 0 Å². The van der Waals surface area contributed by atoms with E-state index in [1.165, 1.54) is 6.33 Å². The van der Waals surface area contributed by atoms with Gasteiger partial charge in [-0.05, 0) is 20.3 Å². The number of aromatic nitrogens is 4. The van der Waals surface area contributed by atoms with Gasteiger partial charge in [-0.15, -0.1) is 0 Å². The quantitative estimate of drug-likeness (QED) is 0.750. The number of carbonyl (C=O) groups is 1. The highest BCUT2D eigenvalue weighted by Gasteiger charge is 2.08. The topological polar surface area (TPSA) is 92.7 Å². The number of nitrogens with zero attached hydrogens (tertiary/aromatic N) is 3. The molecule has 112 valence electrons. The van der Waals surface area contributed by atoms with E-state index in [2.05, 4.69) is 20.3 Å². The van der Waals surface area contributed by atoms with Gasteiger partial charge in [-0.2, -0.15) is 0 Å². The Balaban J connectivity index is 1.76. The summed E-state index contributed by atoms with van der Waals surface area (Å²) in [6, 6.07) is 0. The maximum atomic E-state index is 11.8. The molecule has 0 bridgehead atoms. The van der Waals surface area contributed by atoms with E-state index in [9.17, 15) is 9.59 Å². The fraction of sp³-hybridized carbons (Fsp3) is 0.429. The average Bonchev–Trinajstić information content (AvgIpc) is 2.86. The highest BCUT2D eigenvalue weighted by atomic mass is 16.1. The second-order valence-electron chi connectivity index (χ2n) is 4.85. The normalized spacial score (nSPS) is 10.6. The Morgan fingerprint density at radius 3 is 2.90 bits per heavy atom. The average molecular weight is 289 g/mol. The van der Waals surface area contributed by atoms with Crippen molar-refractivity contribution in [2.75, 3.05) is 6.54 Å². The zero-order chi connectivity index (χ0) is 15.2. The fourth-order valence-electron chi connectivity index (χ4n) is 2.02. The summed E-state index contributed by atoms with van der Waals surface area (Å²) < 4.78 is 2.04. The first kappa shape index (κ1) is 15.0. The first-order valence-electron chi connectivity index (χ1n) is 6.85. The largest absolute Gasteiger partial charge is 0.356 e. The van der Waals surface area contributed by atoms with E-state index in [1.54, 1.807) is 13.1 Å². The van der Waals surface area contributed by atoms with E-state index >= 15 is 0 Å². The number of amides is 1. The van der Waals surface area contributed by atoms with Crippen LogP contribution in [0.4, 0.5) is 0 Å². The molecule has 2 aromatic rings. The molecule has 2 heterocycles. The van der Waals surface area contributed by atoms with Crippen LogP contribution in [0.1, 0.15) is 23.5 Å². The standard InChI is InChI=1S/C14H19N5O2/c1-10-12(17-9-18-14(10)21)8-13(20)16-4-3-6-19-7-5-15-11(19)2/h5,7,9H,3-4,6,8H2,1-2H3,(H,16,20)(H,17,18,21). The Morgan fingerprint density at radius 1 is 1.38 bits per heavy atom. The summed E-state index contributed by atoms with van der Waals surface area (Å²) in [4.78, 5) is 33.9. The zero-order valence-electron chi connectivity index (χ0n) is 12.2. The Labute approximate surface area is 122 Å². The van der Waals surface area contributed by atoms with Crippen molar-refractivity contribution in [3.05, 3.63) is 46.2 Å². The van der Waals surface area contributed by atoms with Crippen molar-refractivity contribution >= 4 is 5.91 Å². The van der Waals surface area contributed by atoms with Crippen LogP contribution in [0, 0.1) is 13.8 Å². The van der Waals surface area contributed by atoms with Gasteiger partial charge in [-0.1, -0.05) is 0 Å². The number of imidazole rings is 1. The van der Waals surface area contributed by atoms with Gasteiger partial charge in [0.2, 0.25) is 5.91 Å². The smallest absolute Gasteiger partial charge is 0.253 e. The molecule has 0 saturated carbocycles. The third-order valence-corrected chi connectivity index (χ3v) is 3.34. The van der Waals surface area contributed by atoms with Gasteiger partial charge in [0, 0.05) is 31.0 Å². The lowest BCUT2D eigenvalue weighted by atomic mass is 10.2. The minimum atomic E-state index is -0.205. The van der Waals surface area contributed by atoms with Gasteiger partial charge in [0.05, 0.1) is 18.4 Å². The zero-order valence-corrected chi connectivity index (χ0v) is 12.2. The maximum absolute atomic E-state index is 11.8. The first-order chi connectivity index (χ1) is 10.1. The maximum Gasteiger partial charge on any atom is 0.253 e. The number of nitrogens with one attached hydrogen (secondary N) is 2. The van der Waals surface area contributed by atoms with Crippen molar-refractivity contribution in [2.24, 2.45) is 0 Å². The minimum Gasteiger partial charge on any atom is -0.356 e. The fourth-order valence-corrected chi connectivity index (χ4v) is 2.02. The number of hydrogen-bond acceptors (Lipinski definition) is 4. The molecule has 0 unspecified atom stereocenters. The highest BCUT2D eigenvalue weighted by molar-refractivity contribution is 5.78. The van der Waals surface area contributed by atoms with Crippen LogP contribution < -0.4 is 10.9 Å². The molecule has 7 heteroatoms. The molecule has 0 aliphatic rings. The molecule has 2 aromatic heterocycles. The molecule has 0 saturated heterocycles. The Kier molecular flexibility index (Phi) is 4.86. The molecule has 0 aromatic carbocycles. The lowest BCUT2D eigenvalue weighted by Crippen LogP contribution is -2.28. The molecule has 1 amide bonds. The van der Waals surface area contributed by atoms with Gasteiger partial charge >= 0.3 is 0 Å². The van der Waals surface area contributed by atoms with Crippen molar-refractivity contribution in [3.63, 3.8) is 0 Å². The van der Waals surface area contributed by atoms with Crippen LogP contribution in [-0.4, -0.2) is 32.0 Å². The van der Waals surface area contributed by atoms with Gasteiger partial charge in [0.25, 0.3) is 5.56 Å². The van der Waals surface area contributed by atoms with Crippen molar-refractivity contribution in [1.29, 1.82) is 0 Å². The van der Waals surface area contributed by atoms with E-state index in [-0.39, 0.29) is 17.9 Å². The Bertz CT molecular complexity index is 674. The molecule has 0 aliphatic carbocycles. The lowest BCUT2D eigenvalue weighted by molar-refractivity contribution is -0.120. The first-order valence-corrected chi connectivity index (χ1v) is 6.85. The van der Waals surface area contributed by atoms with Crippen molar-refractivity contribution < 1.29 is 4.79 Å². The van der Waals surface area contributed by atoms with E-state index in [0.717, 1.165) is 18.8 Å². The second kappa shape index (κ2) is 6.83. The number of aromatic amines is 1. The number of rotatable bonds is 6. The molecule has 0 atom stereocenters. The molecular formula is C14H19N5O2. The molecule has 0 aliphatic heterocycles. The van der Waals surface area contributed by atoms with Crippen LogP contribution in [0.3, 0.4) is 0 Å². The molecule has 0 spiro atoms. The number of carbonyl (C=O) groups excluding carboxylic acids is 1. The van der Waals surface area contributed by atoms with E-state index < -0.39 is 0 Å². The van der Waals surface area contributed by atoms with Crippen LogP contribution >= 0.6 is 0 Å². The van der Waals surface area contributed by atoms with Crippen molar-refractivity contribution in [3.8, 4) is 0 Å². The number of aryl methyl sites for hydroxylation is 2. The second-order valence-corrected chi connectivity index (χ2v) is 4.85. The van der Waals surface area contributed by atoms with Gasteiger partial charge in [0.1, 0.15) is 5.82 Å². The predicted molar refractivity (Wildman–Crippen MR) is 77.9 cm³/mol. The predicted octanol–water partition coefficient (Wildman–Crippen LogP) is 0.332. The Morgan fingerprint density at radius 2 is 2.19 bits per heavy atom. The SMILES string of the molecule is Cc1c(CC(=O)NCCCn2ccnc2C)nc[nH]c1=O.